The molecule has 0 bridgehead atoms. The van der Waals surface area contributed by atoms with Crippen molar-refractivity contribution in [1.82, 2.24) is 23.6 Å². The zero-order valence-electron chi connectivity index (χ0n) is 15.4. The minimum Gasteiger partial charge on any atom is -0.381 e. The van der Waals surface area contributed by atoms with Crippen LogP contribution in [0.2, 0.25) is 0 Å². The summed E-state index contributed by atoms with van der Waals surface area (Å²) in [5.74, 6) is 0.551. The van der Waals surface area contributed by atoms with Crippen LogP contribution in [0.25, 0.3) is 16.7 Å². The van der Waals surface area contributed by atoms with Crippen LogP contribution < -0.4 is 5.56 Å². The molecule has 8 heteroatoms. The zero-order chi connectivity index (χ0) is 19.0. The maximum atomic E-state index is 12.9. The van der Waals surface area contributed by atoms with Gasteiger partial charge in [-0.2, -0.15) is 0 Å². The van der Waals surface area contributed by atoms with E-state index in [9.17, 15) is 4.79 Å². The fourth-order valence-corrected chi connectivity index (χ4v) is 4.01. The number of para-hydroxylation sites is 1. The smallest absolute Gasteiger partial charge is 0.263 e. The van der Waals surface area contributed by atoms with Gasteiger partial charge < -0.3 is 4.74 Å². The highest BCUT2D eigenvalue weighted by molar-refractivity contribution is 7.71. The summed E-state index contributed by atoms with van der Waals surface area (Å²) in [5.41, 5.74) is 0.707. The molecule has 1 aromatic carbocycles. The van der Waals surface area contributed by atoms with Gasteiger partial charge in [-0.25, -0.2) is 4.68 Å². The van der Waals surface area contributed by atoms with Crippen molar-refractivity contribution in [3.8, 4) is 0 Å². The van der Waals surface area contributed by atoms with Crippen LogP contribution in [0.15, 0.2) is 41.7 Å². The molecule has 7 nitrogen and oxygen atoms in total. The summed E-state index contributed by atoms with van der Waals surface area (Å²) in [6, 6.07) is 7.51. The number of hydrogen-bond acceptors (Lipinski definition) is 5. The highest BCUT2D eigenvalue weighted by Crippen LogP contribution is 2.17. The molecule has 0 spiro atoms. The molecule has 3 aromatic rings. The Morgan fingerprint density at radius 2 is 2.07 bits per heavy atom. The predicted octanol–water partition coefficient (Wildman–Crippen LogP) is 2.43. The molecule has 0 saturated carbocycles. The monoisotopic (exact) mass is 385 g/mol. The molecule has 1 aliphatic rings. The molecule has 142 valence electrons. The molecule has 0 amide bonds. The second-order valence-corrected chi connectivity index (χ2v) is 7.20. The van der Waals surface area contributed by atoms with Crippen LogP contribution in [0.4, 0.5) is 0 Å². The standard InChI is InChI=1S/C19H23N5O2S/c1-3-10-22-17(25)15-6-4-5-7-16(15)24-18(22)20-23(19(24)27)13-21-11-8-14(26-2)9-12-21/h3-7,14H,1,8-13H2,2H3. The van der Waals surface area contributed by atoms with E-state index in [1.165, 1.54) is 0 Å². The van der Waals surface area contributed by atoms with Gasteiger partial charge >= 0.3 is 0 Å². The van der Waals surface area contributed by atoms with Crippen LogP contribution in [-0.4, -0.2) is 50.0 Å². The molecule has 4 rings (SSSR count). The van der Waals surface area contributed by atoms with Gasteiger partial charge in [-0.15, -0.1) is 11.7 Å². The number of piperidine rings is 1. The Hall–Kier alpha value is -2.29. The third kappa shape index (κ3) is 3.13. The molecular weight excluding hydrogens is 362 g/mol. The van der Waals surface area contributed by atoms with Crippen molar-refractivity contribution in [3.05, 3.63) is 52.0 Å². The molecule has 0 radical (unpaired) electrons. The average Bonchev–Trinajstić information content (AvgIpc) is 3.02. The van der Waals surface area contributed by atoms with Crippen molar-refractivity contribution in [2.75, 3.05) is 20.2 Å². The molecule has 3 heterocycles. The van der Waals surface area contributed by atoms with Crippen LogP contribution in [0.5, 0.6) is 0 Å². The SMILES string of the molecule is C=CCn1c(=O)c2ccccc2n2c(=S)n(CN3CCC(OC)CC3)nc12. The van der Waals surface area contributed by atoms with E-state index in [1.54, 1.807) is 17.8 Å². The Morgan fingerprint density at radius 1 is 1.33 bits per heavy atom. The molecule has 0 atom stereocenters. The van der Waals surface area contributed by atoms with E-state index in [0.717, 1.165) is 31.4 Å². The van der Waals surface area contributed by atoms with Gasteiger partial charge in [0.25, 0.3) is 5.56 Å². The van der Waals surface area contributed by atoms with Gasteiger partial charge in [0.05, 0.1) is 23.7 Å². The van der Waals surface area contributed by atoms with Gasteiger partial charge in [-0.1, -0.05) is 18.2 Å². The first kappa shape index (κ1) is 18.1. The number of allylic oxidation sites excluding steroid dienone is 1. The number of rotatable bonds is 5. The number of methoxy groups -OCH3 is 1. The van der Waals surface area contributed by atoms with Gasteiger partial charge in [-0.05, 0) is 37.2 Å². The Morgan fingerprint density at radius 3 is 2.78 bits per heavy atom. The van der Waals surface area contributed by atoms with Crippen molar-refractivity contribution in [3.63, 3.8) is 0 Å². The maximum absolute atomic E-state index is 12.9. The van der Waals surface area contributed by atoms with Crippen LogP contribution in [0.3, 0.4) is 0 Å². The van der Waals surface area contributed by atoms with Crippen LogP contribution in [0, 0.1) is 4.77 Å². The summed E-state index contributed by atoms with van der Waals surface area (Å²) in [6.45, 7) is 6.64. The van der Waals surface area contributed by atoms with Gasteiger partial charge in [0.1, 0.15) is 0 Å². The summed E-state index contributed by atoms with van der Waals surface area (Å²) < 4.78 is 11.4. The van der Waals surface area contributed by atoms with Crippen LogP contribution in [0.1, 0.15) is 12.8 Å². The van der Waals surface area contributed by atoms with Crippen LogP contribution in [-0.2, 0) is 18.0 Å². The second kappa shape index (κ2) is 7.38. The van der Waals surface area contributed by atoms with E-state index < -0.39 is 0 Å². The lowest BCUT2D eigenvalue weighted by molar-refractivity contribution is 0.0302. The molecule has 1 fully saturated rings. The zero-order valence-corrected chi connectivity index (χ0v) is 16.2. The third-order valence-electron chi connectivity index (χ3n) is 5.20. The summed E-state index contributed by atoms with van der Waals surface area (Å²) in [6.07, 6.45) is 4.04. The molecule has 1 saturated heterocycles. The summed E-state index contributed by atoms with van der Waals surface area (Å²) in [5, 5.41) is 5.32. The van der Waals surface area contributed by atoms with Gasteiger partial charge in [0, 0.05) is 26.7 Å². The Balaban J connectivity index is 1.82. The van der Waals surface area contributed by atoms with Gasteiger partial charge in [0.2, 0.25) is 10.5 Å². The lowest BCUT2D eigenvalue weighted by Crippen LogP contribution is -2.38. The van der Waals surface area contributed by atoms with Crippen molar-refractivity contribution in [2.24, 2.45) is 0 Å². The Kier molecular flexibility index (Phi) is 4.94. The van der Waals surface area contributed by atoms with E-state index in [4.69, 9.17) is 22.1 Å². The minimum absolute atomic E-state index is 0.0777. The van der Waals surface area contributed by atoms with E-state index in [2.05, 4.69) is 11.5 Å². The third-order valence-corrected chi connectivity index (χ3v) is 5.59. The average molecular weight is 385 g/mol. The van der Waals surface area contributed by atoms with Crippen molar-refractivity contribution in [2.45, 2.75) is 32.2 Å². The molecular formula is C19H23N5O2S. The first-order chi connectivity index (χ1) is 13.1. The number of benzene rings is 1. The molecule has 0 aliphatic carbocycles. The quantitative estimate of drug-likeness (QED) is 0.499. The highest BCUT2D eigenvalue weighted by atomic mass is 32.1. The molecule has 27 heavy (non-hydrogen) atoms. The first-order valence-corrected chi connectivity index (χ1v) is 9.52. The largest absolute Gasteiger partial charge is 0.381 e. The fraction of sp³-hybridized carbons (Fsp3) is 0.421. The summed E-state index contributed by atoms with van der Waals surface area (Å²) in [7, 11) is 1.77. The summed E-state index contributed by atoms with van der Waals surface area (Å²) in [4.78, 5) is 15.2. The number of ether oxygens (including phenoxy) is 1. The highest BCUT2D eigenvalue weighted by Gasteiger charge is 2.21. The van der Waals surface area contributed by atoms with E-state index in [0.29, 0.717) is 35.3 Å². The Labute approximate surface area is 162 Å². The van der Waals surface area contributed by atoms with E-state index >= 15 is 0 Å². The lowest BCUT2D eigenvalue weighted by Gasteiger charge is -2.30. The number of hydrogen-bond donors (Lipinski definition) is 0. The number of aromatic nitrogens is 4. The molecule has 0 N–H and O–H groups in total. The predicted molar refractivity (Wildman–Crippen MR) is 108 cm³/mol. The van der Waals surface area contributed by atoms with Crippen molar-refractivity contribution < 1.29 is 4.74 Å². The number of likely N-dealkylation sites (tertiary alicyclic amines) is 1. The van der Waals surface area contributed by atoms with Crippen molar-refractivity contribution >= 4 is 28.9 Å². The topological polar surface area (TPSA) is 56.7 Å². The van der Waals surface area contributed by atoms with Gasteiger partial charge in [-0.3, -0.25) is 18.7 Å². The van der Waals surface area contributed by atoms with E-state index in [1.807, 2.05) is 33.3 Å². The minimum atomic E-state index is -0.0777. The second-order valence-electron chi connectivity index (χ2n) is 6.83. The van der Waals surface area contributed by atoms with Crippen LogP contribution >= 0.6 is 12.2 Å². The number of fused-ring (bicyclic) bond motifs is 3. The Bertz CT molecular complexity index is 1100. The van der Waals surface area contributed by atoms with E-state index in [-0.39, 0.29) is 5.56 Å². The first-order valence-electron chi connectivity index (χ1n) is 9.11. The maximum Gasteiger partial charge on any atom is 0.263 e. The number of nitrogens with zero attached hydrogens (tertiary/aromatic N) is 5. The van der Waals surface area contributed by atoms with Gasteiger partial charge in [0.15, 0.2) is 0 Å². The fourth-order valence-electron chi connectivity index (χ4n) is 3.73. The normalized spacial score (nSPS) is 16.3. The lowest BCUT2D eigenvalue weighted by atomic mass is 10.1. The van der Waals surface area contributed by atoms with Crippen molar-refractivity contribution in [1.29, 1.82) is 0 Å². The summed E-state index contributed by atoms with van der Waals surface area (Å²) >= 11 is 5.73. The molecule has 0 unspecified atom stereocenters. The molecule has 2 aromatic heterocycles. The molecule has 1 aliphatic heterocycles.